The molecule has 14 N–H and O–H groups in total. The van der Waals surface area contributed by atoms with Crippen LogP contribution in [0.3, 0.4) is 0 Å². The number of cyclic esters (lactones) is 2. The van der Waals surface area contributed by atoms with Gasteiger partial charge in [-0.2, -0.15) is 0 Å². The average Bonchev–Trinajstić information content (AvgIpc) is 3.16. The fourth-order valence-electron chi connectivity index (χ4n) is 6.70. The fourth-order valence-corrected chi connectivity index (χ4v) is 6.70. The topological polar surface area (TPSA) is 388 Å². The Morgan fingerprint density at radius 2 is 0.804 bits per heavy atom. The summed E-state index contributed by atoms with van der Waals surface area (Å²) in [6, 6.07) is 1.33. The molecular weight excluding hydrogens is 760 g/mol. The molecule has 4 aromatic rings. The molecule has 22 heteroatoms. The quantitative estimate of drug-likeness (QED) is 0.0703. The SMILES string of the molecule is O=C1OC[C@H](O)[C@@H]([C@H]2OC(=O)c3cc(O)c(O)c(O)c3-c3c(O)c(O)c(O)c4c3C(=O)O[C@@H]2[C@H]4O)OC(=O)c2cc(O)c(O)c(O)c2-c2c1cc(O)c(O)c2O. The van der Waals surface area contributed by atoms with Gasteiger partial charge >= 0.3 is 23.9 Å². The Balaban J connectivity index is 1.48. The predicted octanol–water partition coefficient (Wildman–Crippen LogP) is 0.356. The van der Waals surface area contributed by atoms with E-state index in [2.05, 4.69) is 0 Å². The molecule has 4 heterocycles. The molecule has 0 fully saturated rings. The fraction of sp³-hybridized carbons (Fsp3) is 0.176. The maximum atomic E-state index is 14.1. The largest absolute Gasteiger partial charge is 0.504 e. The summed E-state index contributed by atoms with van der Waals surface area (Å²) in [5.74, 6) is -22.9. The summed E-state index contributed by atoms with van der Waals surface area (Å²) in [7, 11) is 0. The Morgan fingerprint density at radius 3 is 1.29 bits per heavy atom. The van der Waals surface area contributed by atoms with Crippen molar-refractivity contribution in [3.8, 4) is 91.2 Å². The van der Waals surface area contributed by atoms with Crippen LogP contribution in [0.1, 0.15) is 53.1 Å². The molecule has 0 spiro atoms. The molecule has 292 valence electrons. The molecule has 0 aromatic heterocycles. The van der Waals surface area contributed by atoms with Gasteiger partial charge in [-0.3, -0.25) is 0 Å². The zero-order valence-corrected chi connectivity index (χ0v) is 27.4. The van der Waals surface area contributed by atoms with Crippen LogP contribution in [-0.2, 0) is 18.9 Å². The van der Waals surface area contributed by atoms with Crippen LogP contribution in [-0.4, -0.2) is 126 Å². The first kappa shape index (κ1) is 36.6. The lowest BCUT2D eigenvalue weighted by atomic mass is 9.82. The summed E-state index contributed by atoms with van der Waals surface area (Å²) < 4.78 is 21.3. The number of carbonyl (C=O) groups is 4. The molecule has 0 saturated heterocycles. The van der Waals surface area contributed by atoms with Crippen molar-refractivity contribution < 1.29 is 110 Å². The van der Waals surface area contributed by atoms with Crippen LogP contribution in [0.15, 0.2) is 18.2 Å². The summed E-state index contributed by atoms with van der Waals surface area (Å²) >= 11 is 0. The Kier molecular flexibility index (Phi) is 8.13. The number of esters is 4. The minimum atomic E-state index is -2.55. The first-order chi connectivity index (χ1) is 26.3. The van der Waals surface area contributed by atoms with Gasteiger partial charge in [-0.1, -0.05) is 0 Å². The highest BCUT2D eigenvalue weighted by atomic mass is 16.6. The van der Waals surface area contributed by atoms with Crippen molar-refractivity contribution in [2.45, 2.75) is 30.5 Å². The van der Waals surface area contributed by atoms with Crippen molar-refractivity contribution in [1.82, 2.24) is 0 Å². The lowest BCUT2D eigenvalue weighted by Gasteiger charge is -2.40. The molecule has 4 aliphatic rings. The van der Waals surface area contributed by atoms with E-state index in [0.29, 0.717) is 18.2 Å². The molecule has 8 rings (SSSR count). The number of benzene rings is 4. The van der Waals surface area contributed by atoms with E-state index in [1.165, 1.54) is 0 Å². The molecular formula is C34H24O22. The highest BCUT2D eigenvalue weighted by molar-refractivity contribution is 6.11. The second-order valence-corrected chi connectivity index (χ2v) is 12.5. The second kappa shape index (κ2) is 12.4. The van der Waals surface area contributed by atoms with Crippen molar-refractivity contribution in [1.29, 1.82) is 0 Å². The van der Waals surface area contributed by atoms with E-state index in [1.807, 2.05) is 0 Å². The highest BCUT2D eigenvalue weighted by Gasteiger charge is 2.53. The van der Waals surface area contributed by atoms with Crippen LogP contribution in [0.4, 0.5) is 0 Å². The molecule has 4 bridgehead atoms. The minimum Gasteiger partial charge on any atom is -0.504 e. The lowest BCUT2D eigenvalue weighted by molar-refractivity contribution is -0.153. The Morgan fingerprint density at radius 1 is 0.411 bits per heavy atom. The van der Waals surface area contributed by atoms with Crippen molar-refractivity contribution >= 4 is 23.9 Å². The van der Waals surface area contributed by atoms with Gasteiger partial charge in [0.2, 0.25) is 23.0 Å². The Hall–Kier alpha value is -7.72. The standard InChI is InChI=1S/C34H24O22/c35-8-1-5-12(21(42)18(8)39)13-6(2-9(36)19(40)22(13)43)32(50)54-28(11(38)4-53-31(5)49)30-29-26(47)17-16(34(52)55-29)15(24(45)27(48)25(17)46)14-7(33(51)56-30)3-10(37)20(41)23(14)44/h1-3,11,26,28-30,35-48H,4H2/t11-,26-,28-,29+,30+/m0/s1. The Labute approximate surface area is 307 Å². The number of rotatable bonds is 1. The van der Waals surface area contributed by atoms with E-state index >= 15 is 0 Å². The van der Waals surface area contributed by atoms with Gasteiger partial charge in [-0.05, 0) is 18.2 Å². The van der Waals surface area contributed by atoms with Gasteiger partial charge in [-0.15, -0.1) is 0 Å². The number of hydrogen-bond acceptors (Lipinski definition) is 22. The van der Waals surface area contributed by atoms with Crippen LogP contribution in [0.2, 0.25) is 0 Å². The van der Waals surface area contributed by atoms with E-state index in [9.17, 15) is 90.7 Å². The van der Waals surface area contributed by atoms with Crippen LogP contribution in [0, 0.1) is 0 Å². The van der Waals surface area contributed by atoms with Crippen molar-refractivity contribution in [3.63, 3.8) is 0 Å². The number of aliphatic hydroxyl groups excluding tert-OH is 2. The summed E-state index contributed by atoms with van der Waals surface area (Å²) in [5, 5.41) is 150. The van der Waals surface area contributed by atoms with Crippen molar-refractivity contribution in [3.05, 3.63) is 46.0 Å². The number of aromatic hydroxyl groups is 12. The number of aliphatic hydroxyl groups is 2. The molecule has 4 aromatic carbocycles. The second-order valence-electron chi connectivity index (χ2n) is 12.5. The van der Waals surface area contributed by atoms with E-state index in [1.54, 1.807) is 0 Å². The molecule has 22 nitrogen and oxygen atoms in total. The van der Waals surface area contributed by atoms with Crippen LogP contribution in [0.5, 0.6) is 69.0 Å². The molecule has 0 amide bonds. The first-order valence-corrected chi connectivity index (χ1v) is 15.6. The molecule has 4 aliphatic heterocycles. The van der Waals surface area contributed by atoms with Gasteiger partial charge in [0, 0.05) is 27.8 Å². The van der Waals surface area contributed by atoms with E-state index in [0.717, 1.165) is 0 Å². The maximum absolute atomic E-state index is 14.1. The molecule has 5 atom stereocenters. The van der Waals surface area contributed by atoms with Crippen LogP contribution in [0.25, 0.3) is 22.3 Å². The molecule has 0 aliphatic carbocycles. The number of phenols is 12. The normalized spacial score (nSPS) is 21.6. The molecule has 56 heavy (non-hydrogen) atoms. The highest BCUT2D eigenvalue weighted by Crippen LogP contribution is 2.58. The van der Waals surface area contributed by atoms with Crippen molar-refractivity contribution in [2.24, 2.45) is 0 Å². The number of hydrogen-bond donors (Lipinski definition) is 14. The van der Waals surface area contributed by atoms with Gasteiger partial charge in [-0.25, -0.2) is 19.2 Å². The van der Waals surface area contributed by atoms with Crippen molar-refractivity contribution in [2.75, 3.05) is 6.61 Å². The third kappa shape index (κ3) is 5.03. The third-order valence-corrected chi connectivity index (χ3v) is 9.33. The lowest BCUT2D eigenvalue weighted by Crippen LogP contribution is -2.55. The average molecular weight is 785 g/mol. The molecule has 0 radical (unpaired) electrons. The third-order valence-electron chi connectivity index (χ3n) is 9.33. The predicted molar refractivity (Wildman–Crippen MR) is 173 cm³/mol. The summed E-state index contributed by atoms with van der Waals surface area (Å²) in [4.78, 5) is 55.1. The number of phenolic OH excluding ortho intramolecular Hbond substituents is 12. The maximum Gasteiger partial charge on any atom is 0.339 e. The smallest absolute Gasteiger partial charge is 0.339 e. The number of carbonyl (C=O) groups excluding carboxylic acids is 4. The van der Waals surface area contributed by atoms with E-state index in [4.69, 9.17) is 18.9 Å². The number of fused-ring (bicyclic) bond motifs is 6. The van der Waals surface area contributed by atoms with Gasteiger partial charge < -0.3 is 90.4 Å². The van der Waals surface area contributed by atoms with Crippen LogP contribution < -0.4 is 0 Å². The van der Waals surface area contributed by atoms with Gasteiger partial charge in [0.15, 0.2) is 64.3 Å². The van der Waals surface area contributed by atoms with E-state index < -0.39 is 180 Å². The van der Waals surface area contributed by atoms with Gasteiger partial charge in [0.1, 0.15) is 18.8 Å². The van der Waals surface area contributed by atoms with Gasteiger partial charge in [0.05, 0.1) is 22.3 Å². The van der Waals surface area contributed by atoms with Gasteiger partial charge in [0.25, 0.3) is 0 Å². The monoisotopic (exact) mass is 784 g/mol. The summed E-state index contributed by atoms with van der Waals surface area (Å²) in [6.45, 7) is -1.31. The number of ether oxygens (including phenoxy) is 4. The minimum absolute atomic E-state index is 0.403. The van der Waals surface area contributed by atoms with E-state index in [-0.39, 0.29) is 0 Å². The zero-order valence-electron chi connectivity index (χ0n) is 27.4. The zero-order chi connectivity index (χ0) is 41.0. The molecule has 0 saturated carbocycles. The molecule has 0 unspecified atom stereocenters. The Bertz CT molecular complexity index is 2470. The van der Waals surface area contributed by atoms with Crippen LogP contribution >= 0.6 is 0 Å². The first-order valence-electron chi connectivity index (χ1n) is 15.6. The summed E-state index contributed by atoms with van der Waals surface area (Å²) in [5.41, 5.74) is -9.23. The summed E-state index contributed by atoms with van der Waals surface area (Å²) in [6.07, 6.45) is -12.4.